The van der Waals surface area contributed by atoms with Crippen molar-refractivity contribution < 1.29 is 19.1 Å². The van der Waals surface area contributed by atoms with Gasteiger partial charge >= 0.3 is 0 Å². The molecule has 8 heteroatoms. The summed E-state index contributed by atoms with van der Waals surface area (Å²) in [6, 6.07) is 9.21. The Morgan fingerprint density at radius 3 is 2.70 bits per heavy atom. The highest BCUT2D eigenvalue weighted by molar-refractivity contribution is 5.92. The molecule has 2 heterocycles. The van der Waals surface area contributed by atoms with Crippen LogP contribution in [0.1, 0.15) is 21.7 Å². The molecule has 2 aromatic rings. The summed E-state index contributed by atoms with van der Waals surface area (Å²) in [4.78, 5) is 24.3. The number of ether oxygens (including phenoxy) is 2. The van der Waals surface area contributed by atoms with Crippen molar-refractivity contribution in [3.63, 3.8) is 0 Å². The van der Waals surface area contributed by atoms with Gasteiger partial charge in [-0.05, 0) is 23.8 Å². The van der Waals surface area contributed by atoms with Crippen molar-refractivity contribution in [2.75, 3.05) is 27.4 Å². The highest BCUT2D eigenvalue weighted by Gasteiger charge is 2.26. The predicted octanol–water partition coefficient (Wildman–Crippen LogP) is 0.552. The summed E-state index contributed by atoms with van der Waals surface area (Å²) in [6.07, 6.45) is 0.975. The van der Waals surface area contributed by atoms with Gasteiger partial charge in [-0.15, -0.1) is 0 Å². The molecule has 3 rings (SSSR count). The number of hydrogen-bond donors (Lipinski definition) is 2. The van der Waals surface area contributed by atoms with Crippen molar-refractivity contribution in [3.8, 4) is 5.75 Å². The van der Waals surface area contributed by atoms with E-state index in [1.165, 1.54) is 0 Å². The normalized spacial score (nSPS) is 15.3. The molecule has 0 fully saturated rings. The van der Waals surface area contributed by atoms with E-state index in [1.807, 2.05) is 24.3 Å². The summed E-state index contributed by atoms with van der Waals surface area (Å²) in [6.45, 7) is 1.47. The molecule has 1 aliphatic rings. The van der Waals surface area contributed by atoms with Crippen molar-refractivity contribution in [1.82, 2.24) is 20.4 Å². The Morgan fingerprint density at radius 2 is 2.04 bits per heavy atom. The monoisotopic (exact) mass is 372 g/mol. The second kappa shape index (κ2) is 8.68. The van der Waals surface area contributed by atoms with Gasteiger partial charge < -0.3 is 20.1 Å². The Morgan fingerprint density at radius 1 is 1.26 bits per heavy atom. The summed E-state index contributed by atoms with van der Waals surface area (Å²) in [5, 5.41) is 10.1. The molecular weight excluding hydrogens is 348 g/mol. The lowest BCUT2D eigenvalue weighted by Crippen LogP contribution is -2.37. The lowest BCUT2D eigenvalue weighted by molar-refractivity contribution is -0.121. The third-order valence-corrected chi connectivity index (χ3v) is 4.43. The van der Waals surface area contributed by atoms with Crippen molar-refractivity contribution >= 4 is 11.8 Å². The number of methoxy groups -OCH3 is 2. The molecule has 0 saturated heterocycles. The topological polar surface area (TPSA) is 94.5 Å². The van der Waals surface area contributed by atoms with Gasteiger partial charge in [0.2, 0.25) is 5.91 Å². The number of nitrogens with one attached hydrogen (secondary N) is 2. The van der Waals surface area contributed by atoms with E-state index < -0.39 is 0 Å². The van der Waals surface area contributed by atoms with Gasteiger partial charge in [-0.1, -0.05) is 12.1 Å². The Hall–Kier alpha value is -2.87. The second-order valence-electron chi connectivity index (χ2n) is 6.45. The molecular formula is C19H24N4O4. The first-order valence-electron chi connectivity index (χ1n) is 8.85. The lowest BCUT2D eigenvalue weighted by Gasteiger charge is -2.12. The molecule has 8 nitrogen and oxygen atoms in total. The van der Waals surface area contributed by atoms with Crippen LogP contribution in [-0.4, -0.2) is 55.0 Å². The number of amides is 2. The highest BCUT2D eigenvalue weighted by atomic mass is 16.5. The number of aromatic nitrogens is 2. The van der Waals surface area contributed by atoms with Crippen LogP contribution in [0.2, 0.25) is 0 Å². The molecule has 2 amide bonds. The Labute approximate surface area is 157 Å². The van der Waals surface area contributed by atoms with Crippen LogP contribution in [0.25, 0.3) is 0 Å². The molecule has 0 bridgehead atoms. The molecule has 1 aromatic carbocycles. The van der Waals surface area contributed by atoms with E-state index in [-0.39, 0.29) is 17.9 Å². The molecule has 1 aliphatic heterocycles. The predicted molar refractivity (Wildman–Crippen MR) is 98.8 cm³/mol. The number of carbonyl (C=O) groups is 2. The molecule has 2 N–H and O–H groups in total. The van der Waals surface area contributed by atoms with Gasteiger partial charge in [0.25, 0.3) is 5.91 Å². The summed E-state index contributed by atoms with van der Waals surface area (Å²) >= 11 is 0. The van der Waals surface area contributed by atoms with Crippen molar-refractivity contribution in [1.29, 1.82) is 0 Å². The van der Waals surface area contributed by atoms with E-state index in [4.69, 9.17) is 9.47 Å². The quantitative estimate of drug-likeness (QED) is 0.660. The average molecular weight is 372 g/mol. The van der Waals surface area contributed by atoms with Crippen LogP contribution >= 0.6 is 0 Å². The van der Waals surface area contributed by atoms with E-state index >= 15 is 0 Å². The standard InChI is InChI=1S/C19H24N4O4/c1-26-8-7-20-19(25)17-11-15-10-14(12-23(15)22-17)21-18(24)9-13-3-5-16(27-2)6-4-13/h3-6,11,14H,7-10,12H2,1-2H3,(H,20,25)(H,21,24)/t14-/m0/s1. The maximum Gasteiger partial charge on any atom is 0.271 e. The van der Waals surface area contributed by atoms with E-state index in [0.29, 0.717) is 38.2 Å². The molecule has 0 aliphatic carbocycles. The van der Waals surface area contributed by atoms with Gasteiger partial charge in [-0.25, -0.2) is 0 Å². The van der Waals surface area contributed by atoms with Crippen LogP contribution in [-0.2, 0) is 28.9 Å². The van der Waals surface area contributed by atoms with Crippen LogP contribution in [0.5, 0.6) is 5.75 Å². The van der Waals surface area contributed by atoms with Gasteiger partial charge in [-0.3, -0.25) is 14.3 Å². The first kappa shape index (κ1) is 18.9. The van der Waals surface area contributed by atoms with Crippen LogP contribution < -0.4 is 15.4 Å². The summed E-state index contributed by atoms with van der Waals surface area (Å²) in [5.41, 5.74) is 2.27. The molecule has 0 unspecified atom stereocenters. The zero-order valence-electron chi connectivity index (χ0n) is 15.5. The van der Waals surface area contributed by atoms with Gasteiger partial charge in [0.15, 0.2) is 0 Å². The Balaban J connectivity index is 1.48. The molecule has 0 spiro atoms. The van der Waals surface area contributed by atoms with E-state index in [0.717, 1.165) is 17.0 Å². The highest BCUT2D eigenvalue weighted by Crippen LogP contribution is 2.17. The SMILES string of the molecule is COCCNC(=O)c1cc2n(n1)C[C@@H](NC(=O)Cc1ccc(OC)cc1)C2. The molecule has 1 atom stereocenters. The number of carbonyl (C=O) groups excluding carboxylic acids is 2. The third kappa shape index (κ3) is 4.85. The number of nitrogens with zero attached hydrogens (tertiary/aromatic N) is 2. The fourth-order valence-corrected chi connectivity index (χ4v) is 3.08. The van der Waals surface area contributed by atoms with Crippen LogP contribution in [0, 0.1) is 0 Å². The number of benzene rings is 1. The number of hydrogen-bond acceptors (Lipinski definition) is 5. The van der Waals surface area contributed by atoms with Gasteiger partial charge in [0.1, 0.15) is 11.4 Å². The van der Waals surface area contributed by atoms with Crippen molar-refractivity contribution in [2.24, 2.45) is 0 Å². The smallest absolute Gasteiger partial charge is 0.271 e. The second-order valence-corrected chi connectivity index (χ2v) is 6.45. The minimum absolute atomic E-state index is 0.0103. The number of fused-ring (bicyclic) bond motifs is 1. The first-order valence-corrected chi connectivity index (χ1v) is 8.85. The van der Waals surface area contributed by atoms with Gasteiger partial charge in [0, 0.05) is 25.8 Å². The van der Waals surface area contributed by atoms with Crippen LogP contribution in [0.3, 0.4) is 0 Å². The largest absolute Gasteiger partial charge is 0.497 e. The molecule has 0 radical (unpaired) electrons. The fourth-order valence-electron chi connectivity index (χ4n) is 3.08. The zero-order chi connectivity index (χ0) is 19.2. The molecule has 144 valence electrons. The fraction of sp³-hybridized carbons (Fsp3) is 0.421. The maximum atomic E-state index is 12.3. The van der Waals surface area contributed by atoms with E-state index in [9.17, 15) is 9.59 Å². The zero-order valence-corrected chi connectivity index (χ0v) is 15.5. The van der Waals surface area contributed by atoms with Gasteiger partial charge in [0.05, 0.1) is 32.7 Å². The Bertz CT molecular complexity index is 777. The first-order chi connectivity index (χ1) is 13.1. The summed E-state index contributed by atoms with van der Waals surface area (Å²) < 4.78 is 11.8. The van der Waals surface area contributed by atoms with Crippen molar-refractivity contribution in [3.05, 3.63) is 47.3 Å². The minimum Gasteiger partial charge on any atom is -0.497 e. The third-order valence-electron chi connectivity index (χ3n) is 4.43. The van der Waals surface area contributed by atoms with Crippen LogP contribution in [0.15, 0.2) is 30.3 Å². The molecule has 1 aromatic heterocycles. The van der Waals surface area contributed by atoms with Crippen molar-refractivity contribution in [2.45, 2.75) is 25.4 Å². The van der Waals surface area contributed by atoms with Gasteiger partial charge in [-0.2, -0.15) is 5.10 Å². The lowest BCUT2D eigenvalue weighted by atomic mass is 10.1. The van der Waals surface area contributed by atoms with E-state index in [2.05, 4.69) is 15.7 Å². The number of rotatable bonds is 8. The Kier molecular flexibility index (Phi) is 6.08. The summed E-state index contributed by atoms with van der Waals surface area (Å²) in [7, 11) is 3.19. The van der Waals surface area contributed by atoms with Crippen LogP contribution in [0.4, 0.5) is 0 Å². The minimum atomic E-state index is -0.214. The van der Waals surface area contributed by atoms with E-state index in [1.54, 1.807) is 25.0 Å². The molecule has 27 heavy (non-hydrogen) atoms. The average Bonchev–Trinajstić information content (AvgIpc) is 3.21. The maximum absolute atomic E-state index is 12.3. The molecule has 0 saturated carbocycles. The summed E-state index contributed by atoms with van der Waals surface area (Å²) in [5.74, 6) is 0.518.